The molecule has 2 aromatic rings. The van der Waals surface area contributed by atoms with E-state index in [9.17, 15) is 4.79 Å². The van der Waals surface area contributed by atoms with Crippen molar-refractivity contribution in [3.05, 3.63) is 28.1 Å². The maximum Gasteiger partial charge on any atom is 0.263 e. The van der Waals surface area contributed by atoms with Crippen molar-refractivity contribution >= 4 is 44.6 Å². The summed E-state index contributed by atoms with van der Waals surface area (Å²) in [5.74, 6) is -0.176. The third-order valence-electron chi connectivity index (χ3n) is 2.98. The number of carbonyl (C=O) groups excluding carboxylic acids is 1. The normalized spacial score (nSPS) is 12.6. The van der Waals surface area contributed by atoms with E-state index in [0.29, 0.717) is 28.6 Å². The van der Waals surface area contributed by atoms with Crippen LogP contribution in [-0.4, -0.2) is 23.7 Å². The predicted molar refractivity (Wildman–Crippen MR) is 84.5 cm³/mol. The summed E-state index contributed by atoms with van der Waals surface area (Å²) in [5, 5.41) is 13.4. The number of nitrogens with two attached hydrogens (primary N) is 1. The van der Waals surface area contributed by atoms with Crippen molar-refractivity contribution in [2.24, 2.45) is 0 Å². The Morgan fingerprint density at radius 1 is 1.55 bits per heavy atom. The monoisotopic (exact) mass is 312 g/mol. The van der Waals surface area contributed by atoms with Crippen molar-refractivity contribution in [2.75, 3.05) is 12.3 Å². The lowest BCUT2D eigenvalue weighted by Crippen LogP contribution is -2.24. The lowest BCUT2D eigenvalue weighted by molar-refractivity contribution is 0.0954. The third kappa shape index (κ3) is 3.42. The highest BCUT2D eigenvalue weighted by Gasteiger charge is 2.16. The van der Waals surface area contributed by atoms with Crippen LogP contribution in [-0.2, 0) is 0 Å². The minimum absolute atomic E-state index is 0.176. The quantitative estimate of drug-likeness (QED) is 0.743. The van der Waals surface area contributed by atoms with E-state index in [1.165, 1.54) is 11.3 Å². The molecule has 108 valence electrons. The van der Waals surface area contributed by atoms with Gasteiger partial charge in [0, 0.05) is 21.7 Å². The van der Waals surface area contributed by atoms with Gasteiger partial charge in [-0.25, -0.2) is 0 Å². The Balaban J connectivity index is 2.08. The second-order valence-electron chi connectivity index (χ2n) is 4.73. The molecule has 4 N–H and O–H groups in total. The molecule has 4 nitrogen and oxygen atoms in total. The number of carbonyl (C=O) groups is 1. The van der Waals surface area contributed by atoms with E-state index in [1.807, 2.05) is 6.07 Å². The van der Waals surface area contributed by atoms with Gasteiger partial charge in [0.25, 0.3) is 5.91 Å². The molecular formula is C14H17ClN2O2S. The van der Waals surface area contributed by atoms with Crippen LogP contribution in [0.5, 0.6) is 0 Å². The summed E-state index contributed by atoms with van der Waals surface area (Å²) in [6, 6.07) is 5.42. The van der Waals surface area contributed by atoms with Crippen molar-refractivity contribution in [3.8, 4) is 0 Å². The summed E-state index contributed by atoms with van der Waals surface area (Å²) in [4.78, 5) is 12.6. The Bertz CT molecular complexity index is 625. The van der Waals surface area contributed by atoms with E-state index in [4.69, 9.17) is 22.4 Å². The SMILES string of the molecule is CC(O)CCCNC(=O)c1sc2ccc(Cl)cc2c1N. The van der Waals surface area contributed by atoms with Gasteiger partial charge in [0.2, 0.25) is 0 Å². The van der Waals surface area contributed by atoms with Gasteiger partial charge in [-0.1, -0.05) is 11.6 Å². The zero-order valence-corrected chi connectivity index (χ0v) is 12.7. The van der Waals surface area contributed by atoms with Gasteiger partial charge in [0.05, 0.1) is 11.8 Å². The number of amides is 1. The van der Waals surface area contributed by atoms with E-state index < -0.39 is 0 Å². The minimum atomic E-state index is -0.344. The summed E-state index contributed by atoms with van der Waals surface area (Å²) < 4.78 is 0.945. The molecule has 0 aliphatic carbocycles. The molecule has 2 rings (SSSR count). The number of benzene rings is 1. The fourth-order valence-electron chi connectivity index (χ4n) is 1.94. The number of rotatable bonds is 5. The second kappa shape index (κ2) is 6.43. The van der Waals surface area contributed by atoms with Crippen LogP contribution >= 0.6 is 22.9 Å². The Kier molecular flexibility index (Phi) is 4.86. The minimum Gasteiger partial charge on any atom is -0.397 e. The summed E-state index contributed by atoms with van der Waals surface area (Å²) in [6.07, 6.45) is 1.06. The number of fused-ring (bicyclic) bond motifs is 1. The van der Waals surface area contributed by atoms with Gasteiger partial charge in [0.1, 0.15) is 4.88 Å². The Morgan fingerprint density at radius 3 is 3.00 bits per heavy atom. The summed E-state index contributed by atoms with van der Waals surface area (Å²) >= 11 is 7.30. The van der Waals surface area contributed by atoms with Crippen LogP contribution in [0, 0.1) is 0 Å². The van der Waals surface area contributed by atoms with E-state index in [1.54, 1.807) is 19.1 Å². The molecule has 0 saturated heterocycles. The zero-order chi connectivity index (χ0) is 14.7. The first-order valence-corrected chi connectivity index (χ1v) is 7.62. The second-order valence-corrected chi connectivity index (χ2v) is 6.22. The van der Waals surface area contributed by atoms with E-state index >= 15 is 0 Å². The number of nitrogen functional groups attached to an aromatic ring is 1. The van der Waals surface area contributed by atoms with Gasteiger partial charge in [-0.2, -0.15) is 0 Å². The first-order chi connectivity index (χ1) is 9.49. The van der Waals surface area contributed by atoms with Gasteiger partial charge in [-0.15, -0.1) is 11.3 Å². The first kappa shape index (κ1) is 15.1. The average Bonchev–Trinajstić information content (AvgIpc) is 2.72. The number of hydrogen-bond acceptors (Lipinski definition) is 4. The van der Waals surface area contributed by atoms with Crippen LogP contribution in [0.25, 0.3) is 10.1 Å². The molecule has 0 bridgehead atoms. The standard InChI is InChI=1S/C14H17ClN2O2S/c1-8(18)3-2-6-17-14(19)13-12(16)10-7-9(15)4-5-11(10)20-13/h4-5,7-8,18H,2-3,6,16H2,1H3,(H,17,19). The summed E-state index contributed by atoms with van der Waals surface area (Å²) in [5.41, 5.74) is 6.48. The molecule has 0 aliphatic rings. The smallest absolute Gasteiger partial charge is 0.263 e. The van der Waals surface area contributed by atoms with Crippen LogP contribution in [0.15, 0.2) is 18.2 Å². The molecule has 0 saturated carbocycles. The highest BCUT2D eigenvalue weighted by atomic mass is 35.5. The summed E-state index contributed by atoms with van der Waals surface area (Å²) in [7, 11) is 0. The molecule has 1 heterocycles. The zero-order valence-electron chi connectivity index (χ0n) is 11.1. The fourth-order valence-corrected chi connectivity index (χ4v) is 3.13. The predicted octanol–water partition coefficient (Wildman–Crippen LogP) is 3.03. The molecule has 1 atom stereocenters. The van der Waals surface area contributed by atoms with Gasteiger partial charge in [0.15, 0.2) is 0 Å². The van der Waals surface area contributed by atoms with Crippen LogP contribution in [0.4, 0.5) is 5.69 Å². The molecule has 0 radical (unpaired) electrons. The molecule has 1 aromatic carbocycles. The maximum absolute atomic E-state index is 12.1. The van der Waals surface area contributed by atoms with Crippen LogP contribution in [0.3, 0.4) is 0 Å². The molecule has 6 heteroatoms. The molecule has 1 amide bonds. The topological polar surface area (TPSA) is 75.3 Å². The molecule has 0 fully saturated rings. The number of anilines is 1. The Morgan fingerprint density at radius 2 is 2.30 bits per heavy atom. The van der Waals surface area contributed by atoms with Crippen molar-refractivity contribution in [2.45, 2.75) is 25.9 Å². The maximum atomic E-state index is 12.1. The number of halogens is 1. The Labute approximate surface area is 126 Å². The van der Waals surface area contributed by atoms with Crippen molar-refractivity contribution in [3.63, 3.8) is 0 Å². The summed E-state index contributed by atoms with van der Waals surface area (Å²) in [6.45, 7) is 2.26. The van der Waals surface area contributed by atoms with Crippen LogP contribution in [0.2, 0.25) is 5.02 Å². The van der Waals surface area contributed by atoms with Crippen molar-refractivity contribution in [1.29, 1.82) is 0 Å². The van der Waals surface area contributed by atoms with Crippen LogP contribution < -0.4 is 11.1 Å². The van der Waals surface area contributed by atoms with Crippen LogP contribution in [0.1, 0.15) is 29.4 Å². The molecule has 0 spiro atoms. The number of aliphatic hydroxyl groups excluding tert-OH is 1. The number of hydrogen-bond donors (Lipinski definition) is 3. The van der Waals surface area contributed by atoms with E-state index in [0.717, 1.165) is 16.5 Å². The van der Waals surface area contributed by atoms with E-state index in [2.05, 4.69) is 5.32 Å². The van der Waals surface area contributed by atoms with Crippen molar-refractivity contribution in [1.82, 2.24) is 5.32 Å². The molecule has 1 unspecified atom stereocenters. The fraction of sp³-hybridized carbons (Fsp3) is 0.357. The number of aliphatic hydroxyl groups is 1. The highest BCUT2D eigenvalue weighted by molar-refractivity contribution is 7.21. The number of nitrogens with one attached hydrogen (secondary N) is 1. The molecule has 0 aliphatic heterocycles. The van der Waals surface area contributed by atoms with Gasteiger partial charge in [-0.05, 0) is 38.0 Å². The Hall–Kier alpha value is -1.30. The largest absolute Gasteiger partial charge is 0.397 e. The molecule has 20 heavy (non-hydrogen) atoms. The van der Waals surface area contributed by atoms with Gasteiger partial charge in [-0.3, -0.25) is 4.79 Å². The van der Waals surface area contributed by atoms with Gasteiger partial charge >= 0.3 is 0 Å². The molecular weight excluding hydrogens is 296 g/mol. The average molecular weight is 313 g/mol. The lowest BCUT2D eigenvalue weighted by atomic mass is 10.2. The number of thiophene rings is 1. The molecule has 1 aromatic heterocycles. The third-order valence-corrected chi connectivity index (χ3v) is 4.40. The lowest BCUT2D eigenvalue weighted by Gasteiger charge is -2.05. The van der Waals surface area contributed by atoms with Gasteiger partial charge < -0.3 is 16.2 Å². The van der Waals surface area contributed by atoms with Crippen molar-refractivity contribution < 1.29 is 9.90 Å². The van der Waals surface area contributed by atoms with E-state index in [-0.39, 0.29) is 12.0 Å². The highest BCUT2D eigenvalue weighted by Crippen LogP contribution is 2.35. The first-order valence-electron chi connectivity index (χ1n) is 6.43.